The van der Waals surface area contributed by atoms with Crippen LogP contribution in [0.15, 0.2) is 72.9 Å². The highest BCUT2D eigenvalue weighted by Crippen LogP contribution is 2.38. The lowest BCUT2D eigenvalue weighted by atomic mass is 9.88. The van der Waals surface area contributed by atoms with Crippen LogP contribution in [0.1, 0.15) is 61.6 Å². The predicted octanol–water partition coefficient (Wildman–Crippen LogP) is 7.21. The van der Waals surface area contributed by atoms with Crippen LogP contribution < -0.4 is 14.4 Å². The standard InChI is InChI=1S/C35H43N3O3/c1-40-31-14-9-26(10-15-31)33(27-11-16-32(41-2)17-12-27)18-19-36-20-22-37(23-21-36)30-13-8-28-25-38(35(39)34(28)24-30)29-6-4-3-5-7-29/h8-17,24-25,29,33,39H,3-7,18-23H2,1-2H3. The molecule has 0 unspecified atom stereocenters. The SMILES string of the molecule is COc1ccc(C(CCN2CCN(c3ccc4cn(C5CCCCC5)c(O)c4c3)CC2)c2ccc(OC)cc2)cc1. The first-order valence-electron chi connectivity index (χ1n) is 15.2. The van der Waals surface area contributed by atoms with Crippen LogP contribution in [0, 0.1) is 0 Å². The molecule has 41 heavy (non-hydrogen) atoms. The second-order valence-electron chi connectivity index (χ2n) is 11.6. The maximum atomic E-state index is 11.1. The average molecular weight is 554 g/mol. The minimum absolute atomic E-state index is 0.309. The number of aromatic hydroxyl groups is 1. The molecule has 1 N–H and O–H groups in total. The number of hydrogen-bond acceptors (Lipinski definition) is 5. The van der Waals surface area contributed by atoms with Crippen LogP contribution in [0.4, 0.5) is 5.69 Å². The highest BCUT2D eigenvalue weighted by atomic mass is 16.5. The lowest BCUT2D eigenvalue weighted by Crippen LogP contribution is -2.46. The molecule has 1 saturated heterocycles. The van der Waals surface area contributed by atoms with Gasteiger partial charge in [-0.15, -0.1) is 0 Å². The maximum Gasteiger partial charge on any atom is 0.199 e. The third kappa shape index (κ3) is 6.03. The van der Waals surface area contributed by atoms with Crippen LogP contribution >= 0.6 is 0 Å². The lowest BCUT2D eigenvalue weighted by Gasteiger charge is -2.36. The molecule has 0 bridgehead atoms. The van der Waals surface area contributed by atoms with Gasteiger partial charge in [-0.1, -0.05) is 49.6 Å². The smallest absolute Gasteiger partial charge is 0.199 e. The zero-order chi connectivity index (χ0) is 28.2. The molecule has 0 atom stereocenters. The van der Waals surface area contributed by atoms with Crippen LogP contribution in [0.5, 0.6) is 17.4 Å². The van der Waals surface area contributed by atoms with Gasteiger partial charge in [-0.05, 0) is 73.3 Å². The Morgan fingerprint density at radius 2 is 1.39 bits per heavy atom. The van der Waals surface area contributed by atoms with Gasteiger partial charge in [0.25, 0.3) is 0 Å². The number of rotatable bonds is 9. The molecule has 1 aromatic heterocycles. The van der Waals surface area contributed by atoms with E-state index >= 15 is 0 Å². The summed E-state index contributed by atoms with van der Waals surface area (Å²) < 4.78 is 12.9. The summed E-state index contributed by atoms with van der Waals surface area (Å²) in [7, 11) is 3.42. The van der Waals surface area contributed by atoms with E-state index in [1.54, 1.807) is 14.2 Å². The molecule has 1 aliphatic heterocycles. The van der Waals surface area contributed by atoms with Gasteiger partial charge in [0.1, 0.15) is 11.5 Å². The summed E-state index contributed by atoms with van der Waals surface area (Å²) in [6.45, 7) is 5.09. The average Bonchev–Trinajstić information content (AvgIpc) is 3.38. The number of fused-ring (bicyclic) bond motifs is 1. The van der Waals surface area contributed by atoms with Crippen molar-refractivity contribution in [1.82, 2.24) is 9.47 Å². The molecule has 3 aromatic carbocycles. The Morgan fingerprint density at radius 3 is 1.98 bits per heavy atom. The second kappa shape index (κ2) is 12.5. The number of benzene rings is 3. The minimum Gasteiger partial charge on any atom is -0.497 e. The van der Waals surface area contributed by atoms with Gasteiger partial charge in [0.15, 0.2) is 5.88 Å². The first kappa shape index (κ1) is 27.5. The van der Waals surface area contributed by atoms with Crippen molar-refractivity contribution >= 4 is 16.5 Å². The molecule has 1 saturated carbocycles. The van der Waals surface area contributed by atoms with E-state index < -0.39 is 0 Å². The number of methoxy groups -OCH3 is 2. The topological polar surface area (TPSA) is 50.1 Å². The molecular weight excluding hydrogens is 510 g/mol. The predicted molar refractivity (Wildman–Crippen MR) is 167 cm³/mol. The van der Waals surface area contributed by atoms with Crippen LogP contribution in [0.25, 0.3) is 10.8 Å². The minimum atomic E-state index is 0.309. The molecule has 6 rings (SSSR count). The first-order valence-corrected chi connectivity index (χ1v) is 15.2. The molecule has 6 nitrogen and oxygen atoms in total. The molecule has 6 heteroatoms. The van der Waals surface area contributed by atoms with Gasteiger partial charge in [0.2, 0.25) is 0 Å². The van der Waals surface area contributed by atoms with Gasteiger partial charge in [-0.2, -0.15) is 0 Å². The summed E-state index contributed by atoms with van der Waals surface area (Å²) in [5, 5.41) is 13.2. The summed E-state index contributed by atoms with van der Waals surface area (Å²) in [4.78, 5) is 5.06. The summed E-state index contributed by atoms with van der Waals surface area (Å²) in [6, 6.07) is 24.0. The van der Waals surface area contributed by atoms with E-state index in [9.17, 15) is 5.11 Å². The first-order chi connectivity index (χ1) is 20.1. The summed E-state index contributed by atoms with van der Waals surface area (Å²) >= 11 is 0. The van der Waals surface area contributed by atoms with Gasteiger partial charge in [-0.3, -0.25) is 4.90 Å². The Kier molecular flexibility index (Phi) is 8.38. The third-order valence-corrected chi connectivity index (χ3v) is 9.28. The van der Waals surface area contributed by atoms with Crippen molar-refractivity contribution in [3.05, 3.63) is 84.1 Å². The Hall–Kier alpha value is -3.64. The molecule has 2 aliphatic rings. The molecule has 2 fully saturated rings. The van der Waals surface area contributed by atoms with Crippen molar-refractivity contribution in [2.24, 2.45) is 0 Å². The van der Waals surface area contributed by atoms with Crippen molar-refractivity contribution in [1.29, 1.82) is 0 Å². The molecule has 1 aliphatic carbocycles. The summed E-state index contributed by atoms with van der Waals surface area (Å²) in [5.74, 6) is 2.52. The molecule has 0 amide bonds. The Morgan fingerprint density at radius 1 is 0.780 bits per heavy atom. The van der Waals surface area contributed by atoms with E-state index in [0.717, 1.165) is 61.4 Å². The van der Waals surface area contributed by atoms with E-state index in [2.05, 4.69) is 87.3 Å². The zero-order valence-corrected chi connectivity index (χ0v) is 24.5. The molecule has 4 aromatic rings. The van der Waals surface area contributed by atoms with E-state index in [0.29, 0.717) is 17.8 Å². The lowest BCUT2D eigenvalue weighted by molar-refractivity contribution is 0.251. The van der Waals surface area contributed by atoms with Gasteiger partial charge in [0, 0.05) is 60.8 Å². The molecular formula is C35H43N3O3. The fraction of sp³-hybridized carbons (Fsp3) is 0.429. The van der Waals surface area contributed by atoms with Crippen LogP contribution in [-0.2, 0) is 0 Å². The van der Waals surface area contributed by atoms with Gasteiger partial charge in [0.05, 0.1) is 14.2 Å². The normalized spacial score (nSPS) is 16.9. The van der Waals surface area contributed by atoms with Crippen LogP contribution in [-0.4, -0.2) is 61.5 Å². The Balaban J connectivity index is 1.10. The number of anilines is 1. The number of aromatic nitrogens is 1. The van der Waals surface area contributed by atoms with Gasteiger partial charge < -0.3 is 24.0 Å². The monoisotopic (exact) mass is 553 g/mol. The highest BCUT2D eigenvalue weighted by Gasteiger charge is 2.23. The zero-order valence-electron chi connectivity index (χ0n) is 24.5. The summed E-state index contributed by atoms with van der Waals surface area (Å²) in [6.07, 6.45) is 9.38. The van der Waals surface area contributed by atoms with E-state index in [1.807, 2.05) is 0 Å². The van der Waals surface area contributed by atoms with Crippen LogP contribution in [0.3, 0.4) is 0 Å². The largest absolute Gasteiger partial charge is 0.497 e. The molecule has 2 heterocycles. The fourth-order valence-electron chi connectivity index (χ4n) is 6.77. The van der Waals surface area contributed by atoms with Crippen molar-refractivity contribution < 1.29 is 14.6 Å². The third-order valence-electron chi connectivity index (χ3n) is 9.28. The quantitative estimate of drug-likeness (QED) is 0.237. The van der Waals surface area contributed by atoms with E-state index in [-0.39, 0.29) is 0 Å². The number of hydrogen-bond donors (Lipinski definition) is 1. The van der Waals surface area contributed by atoms with E-state index in [4.69, 9.17) is 9.47 Å². The Bertz CT molecular complexity index is 1370. The highest BCUT2D eigenvalue weighted by molar-refractivity contribution is 5.91. The molecule has 0 spiro atoms. The number of ether oxygens (including phenoxy) is 2. The molecule has 0 radical (unpaired) electrons. The fourth-order valence-corrected chi connectivity index (χ4v) is 6.77. The van der Waals surface area contributed by atoms with Crippen molar-refractivity contribution in [2.75, 3.05) is 51.8 Å². The van der Waals surface area contributed by atoms with Crippen molar-refractivity contribution in [2.45, 2.75) is 50.5 Å². The van der Waals surface area contributed by atoms with Crippen LogP contribution in [0.2, 0.25) is 0 Å². The second-order valence-corrected chi connectivity index (χ2v) is 11.6. The van der Waals surface area contributed by atoms with E-state index in [1.165, 1.54) is 48.9 Å². The number of nitrogens with zero attached hydrogens (tertiary/aromatic N) is 3. The molecule has 216 valence electrons. The number of piperazine rings is 1. The maximum absolute atomic E-state index is 11.1. The van der Waals surface area contributed by atoms with Gasteiger partial charge >= 0.3 is 0 Å². The van der Waals surface area contributed by atoms with Crippen molar-refractivity contribution in [3.8, 4) is 17.4 Å². The van der Waals surface area contributed by atoms with Crippen molar-refractivity contribution in [3.63, 3.8) is 0 Å². The Labute approximate surface area is 244 Å². The summed E-state index contributed by atoms with van der Waals surface area (Å²) in [5.41, 5.74) is 3.83. The van der Waals surface area contributed by atoms with Gasteiger partial charge in [-0.25, -0.2) is 0 Å².